The van der Waals surface area contributed by atoms with Crippen LogP contribution in [0.25, 0.3) is 0 Å². The van der Waals surface area contributed by atoms with Crippen LogP contribution in [0.5, 0.6) is 0 Å². The fraction of sp³-hybridized carbons (Fsp3) is 0.333. The highest BCUT2D eigenvalue weighted by Gasteiger charge is 2.03. The number of halogens is 1. The number of thiophene rings is 1. The predicted molar refractivity (Wildman–Crippen MR) is 83.7 cm³/mol. The van der Waals surface area contributed by atoms with Crippen molar-refractivity contribution >= 4 is 22.9 Å². The Morgan fingerprint density at radius 1 is 1.05 bits per heavy atom. The summed E-state index contributed by atoms with van der Waals surface area (Å²) in [6, 6.07) is 12.6. The number of benzene rings is 1. The molecule has 1 aromatic carbocycles. The van der Waals surface area contributed by atoms with Crippen molar-refractivity contribution in [3.05, 3.63) is 56.7 Å². The Labute approximate surface area is 124 Å². The second-order valence-corrected chi connectivity index (χ2v) is 6.62. The Bertz CT molecular complexity index is 522. The highest BCUT2D eigenvalue weighted by atomic mass is 35.5. The molecule has 0 saturated heterocycles. The van der Waals surface area contributed by atoms with Crippen LogP contribution in [-0.4, -0.2) is 19.0 Å². The molecule has 19 heavy (non-hydrogen) atoms. The van der Waals surface area contributed by atoms with Crippen LogP contribution in [0.1, 0.15) is 16.0 Å². The molecule has 1 heterocycles. The van der Waals surface area contributed by atoms with Crippen molar-refractivity contribution in [1.82, 2.24) is 10.2 Å². The van der Waals surface area contributed by atoms with E-state index in [1.165, 1.54) is 16.0 Å². The molecule has 4 heteroatoms. The summed E-state index contributed by atoms with van der Waals surface area (Å²) in [6.45, 7) is 2.73. The first-order valence-corrected chi connectivity index (χ1v) is 7.51. The fourth-order valence-electron chi connectivity index (χ4n) is 1.99. The zero-order chi connectivity index (χ0) is 13.7. The summed E-state index contributed by atoms with van der Waals surface area (Å²) in [5.74, 6) is 0. The first-order valence-electron chi connectivity index (χ1n) is 6.31. The summed E-state index contributed by atoms with van der Waals surface area (Å²) in [6.07, 6.45) is 0. The number of nitrogens with zero attached hydrogens (tertiary/aromatic N) is 1. The smallest absolute Gasteiger partial charge is 0.0931 e. The minimum atomic E-state index is 0.852. The van der Waals surface area contributed by atoms with E-state index in [1.807, 2.05) is 6.07 Å². The number of nitrogens with one attached hydrogen (secondary N) is 1. The Hall–Kier alpha value is -0.870. The summed E-state index contributed by atoms with van der Waals surface area (Å²) in [5.41, 5.74) is 2.74. The summed E-state index contributed by atoms with van der Waals surface area (Å²) in [7, 11) is 4.19. The summed E-state index contributed by atoms with van der Waals surface area (Å²) in [5, 5.41) is 3.48. The van der Waals surface area contributed by atoms with Crippen molar-refractivity contribution in [3.8, 4) is 0 Å². The van der Waals surface area contributed by atoms with Crippen LogP contribution in [-0.2, 0) is 19.6 Å². The first kappa shape index (κ1) is 14.5. The van der Waals surface area contributed by atoms with E-state index in [0.29, 0.717) is 0 Å². The van der Waals surface area contributed by atoms with Crippen LogP contribution in [0.4, 0.5) is 0 Å². The SMILES string of the molecule is CN(C)Cc1ccccc1CNCc1ccc(Cl)s1. The average molecular weight is 295 g/mol. The summed E-state index contributed by atoms with van der Waals surface area (Å²) in [4.78, 5) is 3.47. The van der Waals surface area contributed by atoms with E-state index in [-0.39, 0.29) is 0 Å². The van der Waals surface area contributed by atoms with Gasteiger partial charge in [0.2, 0.25) is 0 Å². The van der Waals surface area contributed by atoms with E-state index in [1.54, 1.807) is 11.3 Å². The number of hydrogen-bond donors (Lipinski definition) is 1. The molecular formula is C15H19ClN2S. The topological polar surface area (TPSA) is 15.3 Å². The zero-order valence-electron chi connectivity index (χ0n) is 11.3. The Morgan fingerprint density at radius 3 is 2.42 bits per heavy atom. The molecule has 0 spiro atoms. The van der Waals surface area contributed by atoms with Gasteiger partial charge in [0.05, 0.1) is 4.34 Å². The van der Waals surface area contributed by atoms with Gasteiger partial charge in [-0.3, -0.25) is 0 Å². The Balaban J connectivity index is 1.92. The van der Waals surface area contributed by atoms with Gasteiger partial charge in [0, 0.05) is 24.5 Å². The van der Waals surface area contributed by atoms with Gasteiger partial charge >= 0.3 is 0 Å². The Morgan fingerprint density at radius 2 is 1.79 bits per heavy atom. The van der Waals surface area contributed by atoms with Gasteiger partial charge < -0.3 is 10.2 Å². The molecule has 2 nitrogen and oxygen atoms in total. The van der Waals surface area contributed by atoms with Gasteiger partial charge in [-0.2, -0.15) is 0 Å². The molecule has 1 N–H and O–H groups in total. The van der Waals surface area contributed by atoms with Crippen LogP contribution in [0.15, 0.2) is 36.4 Å². The second kappa shape index (κ2) is 7.06. The van der Waals surface area contributed by atoms with Gasteiger partial charge in [0.1, 0.15) is 0 Å². The van der Waals surface area contributed by atoms with Crippen molar-refractivity contribution in [2.75, 3.05) is 14.1 Å². The highest BCUT2D eigenvalue weighted by Crippen LogP contribution is 2.21. The summed E-state index contributed by atoms with van der Waals surface area (Å²) >= 11 is 7.56. The molecule has 0 amide bonds. The lowest BCUT2D eigenvalue weighted by Gasteiger charge is -2.14. The van der Waals surface area contributed by atoms with Gasteiger partial charge in [0.25, 0.3) is 0 Å². The van der Waals surface area contributed by atoms with E-state index in [2.05, 4.69) is 54.6 Å². The molecule has 0 aliphatic carbocycles. The van der Waals surface area contributed by atoms with E-state index in [9.17, 15) is 0 Å². The lowest BCUT2D eigenvalue weighted by molar-refractivity contribution is 0.400. The standard InChI is InChI=1S/C15H19ClN2S/c1-18(2)11-13-6-4-3-5-12(13)9-17-10-14-7-8-15(16)19-14/h3-8,17H,9-11H2,1-2H3. The molecule has 0 aliphatic heterocycles. The van der Waals surface area contributed by atoms with Crippen molar-refractivity contribution in [3.63, 3.8) is 0 Å². The van der Waals surface area contributed by atoms with Crippen molar-refractivity contribution in [1.29, 1.82) is 0 Å². The molecule has 0 radical (unpaired) electrons. The van der Waals surface area contributed by atoms with Crippen LogP contribution >= 0.6 is 22.9 Å². The molecule has 0 aliphatic rings. The molecule has 1 aromatic heterocycles. The highest BCUT2D eigenvalue weighted by molar-refractivity contribution is 7.16. The third-order valence-corrected chi connectivity index (χ3v) is 4.08. The van der Waals surface area contributed by atoms with Gasteiger partial charge in [-0.05, 0) is 37.4 Å². The molecule has 0 unspecified atom stereocenters. The van der Waals surface area contributed by atoms with Gasteiger partial charge in [0.15, 0.2) is 0 Å². The van der Waals surface area contributed by atoms with Gasteiger partial charge in [-0.15, -0.1) is 11.3 Å². The second-order valence-electron chi connectivity index (χ2n) is 4.82. The van der Waals surface area contributed by atoms with E-state index in [0.717, 1.165) is 24.0 Å². The third kappa shape index (κ3) is 4.62. The first-order chi connectivity index (χ1) is 9.15. The molecular weight excluding hydrogens is 276 g/mol. The fourth-order valence-corrected chi connectivity index (χ4v) is 3.05. The van der Waals surface area contributed by atoms with Crippen molar-refractivity contribution in [2.45, 2.75) is 19.6 Å². The third-order valence-electron chi connectivity index (χ3n) is 2.85. The van der Waals surface area contributed by atoms with E-state index >= 15 is 0 Å². The maximum absolute atomic E-state index is 5.92. The van der Waals surface area contributed by atoms with Crippen LogP contribution in [0.3, 0.4) is 0 Å². The van der Waals surface area contributed by atoms with Gasteiger partial charge in [-0.25, -0.2) is 0 Å². The molecule has 0 atom stereocenters. The summed E-state index contributed by atoms with van der Waals surface area (Å²) < 4.78 is 0.852. The zero-order valence-corrected chi connectivity index (χ0v) is 12.9. The molecule has 102 valence electrons. The average Bonchev–Trinajstić information content (AvgIpc) is 2.77. The molecule has 0 bridgehead atoms. The van der Waals surface area contributed by atoms with E-state index < -0.39 is 0 Å². The minimum absolute atomic E-state index is 0.852. The van der Waals surface area contributed by atoms with Gasteiger partial charge in [-0.1, -0.05) is 35.9 Å². The van der Waals surface area contributed by atoms with Crippen LogP contribution in [0.2, 0.25) is 4.34 Å². The lowest BCUT2D eigenvalue weighted by atomic mass is 10.1. The molecule has 0 saturated carbocycles. The molecule has 2 aromatic rings. The molecule has 0 fully saturated rings. The predicted octanol–water partition coefficient (Wildman–Crippen LogP) is 3.75. The van der Waals surface area contributed by atoms with Crippen molar-refractivity contribution < 1.29 is 0 Å². The number of rotatable bonds is 6. The van der Waals surface area contributed by atoms with Crippen LogP contribution < -0.4 is 5.32 Å². The van der Waals surface area contributed by atoms with Crippen LogP contribution in [0, 0.1) is 0 Å². The van der Waals surface area contributed by atoms with E-state index in [4.69, 9.17) is 11.6 Å². The Kier molecular flexibility index (Phi) is 5.40. The number of hydrogen-bond acceptors (Lipinski definition) is 3. The molecule has 2 rings (SSSR count). The maximum Gasteiger partial charge on any atom is 0.0931 e. The quantitative estimate of drug-likeness (QED) is 0.873. The largest absolute Gasteiger partial charge is 0.308 e. The maximum atomic E-state index is 5.92. The monoisotopic (exact) mass is 294 g/mol. The lowest BCUT2D eigenvalue weighted by Crippen LogP contribution is -2.16. The normalized spacial score (nSPS) is 11.2. The minimum Gasteiger partial charge on any atom is -0.308 e. The van der Waals surface area contributed by atoms with Crippen molar-refractivity contribution in [2.24, 2.45) is 0 Å².